The Balaban J connectivity index is 1.58. The molecule has 2 saturated carbocycles. The summed E-state index contributed by atoms with van der Waals surface area (Å²) in [5, 5.41) is 0. The zero-order valence-corrected chi connectivity index (χ0v) is 11.4. The Morgan fingerprint density at radius 2 is 1.70 bits per heavy atom. The number of hydrogen-bond acceptors (Lipinski definition) is 0. The Labute approximate surface area is 116 Å². The Morgan fingerprint density at radius 3 is 2.15 bits per heavy atom. The van der Waals surface area contributed by atoms with E-state index in [0.717, 1.165) is 5.56 Å². The van der Waals surface area contributed by atoms with Gasteiger partial charge < -0.3 is 0 Å². The molecule has 1 unspecified atom stereocenters. The summed E-state index contributed by atoms with van der Waals surface area (Å²) in [7, 11) is 0. The van der Waals surface area contributed by atoms with Gasteiger partial charge in [-0.05, 0) is 30.4 Å². The maximum Gasteiger partial charge on any atom is 0.258 e. The average molecular weight is 286 g/mol. The molecule has 110 valence electrons. The van der Waals surface area contributed by atoms with E-state index in [-0.39, 0.29) is 6.42 Å². The fourth-order valence-electron chi connectivity index (χ4n) is 3.17. The average Bonchev–Trinajstić information content (AvgIpc) is 3.19. The van der Waals surface area contributed by atoms with E-state index in [2.05, 4.69) is 0 Å². The van der Waals surface area contributed by atoms with Crippen molar-refractivity contribution >= 4 is 0 Å². The van der Waals surface area contributed by atoms with Crippen LogP contribution in [0.3, 0.4) is 0 Å². The first-order valence-electron chi connectivity index (χ1n) is 7.20. The molecule has 0 N–H and O–H groups in total. The summed E-state index contributed by atoms with van der Waals surface area (Å²) in [6, 6.07) is 7.07. The van der Waals surface area contributed by atoms with Crippen molar-refractivity contribution in [3.8, 4) is 0 Å². The Bertz CT molecular complexity index is 492. The van der Waals surface area contributed by atoms with Gasteiger partial charge in [0.15, 0.2) is 0 Å². The van der Waals surface area contributed by atoms with Crippen LogP contribution in [0.15, 0.2) is 24.3 Å². The van der Waals surface area contributed by atoms with Gasteiger partial charge in [0.05, 0.1) is 5.92 Å². The number of halogens is 4. The van der Waals surface area contributed by atoms with Gasteiger partial charge in [-0.25, -0.2) is 17.6 Å². The predicted octanol–water partition coefficient (Wildman–Crippen LogP) is 5.03. The topological polar surface area (TPSA) is 0 Å². The minimum Gasteiger partial charge on any atom is -0.207 e. The summed E-state index contributed by atoms with van der Waals surface area (Å²) in [5.41, 5.74) is 1.62. The number of benzene rings is 1. The summed E-state index contributed by atoms with van der Waals surface area (Å²) < 4.78 is 52.5. The fraction of sp³-hybridized carbons (Fsp3) is 0.625. The van der Waals surface area contributed by atoms with Crippen molar-refractivity contribution in [1.29, 1.82) is 0 Å². The first kappa shape index (κ1) is 13.9. The zero-order chi connectivity index (χ0) is 14.5. The molecule has 2 aliphatic rings. The van der Waals surface area contributed by atoms with E-state index < -0.39 is 29.6 Å². The Morgan fingerprint density at radius 1 is 1.10 bits per heavy atom. The highest BCUT2D eigenvalue weighted by Gasteiger charge is 2.67. The van der Waals surface area contributed by atoms with Crippen molar-refractivity contribution in [2.45, 2.75) is 50.4 Å². The monoisotopic (exact) mass is 286 g/mol. The molecule has 1 aromatic carbocycles. The largest absolute Gasteiger partial charge is 0.258 e. The third-order valence-corrected chi connectivity index (χ3v) is 4.72. The third kappa shape index (κ3) is 2.33. The number of rotatable bonds is 5. The molecule has 0 aromatic heterocycles. The van der Waals surface area contributed by atoms with Gasteiger partial charge in [0.1, 0.15) is 0 Å². The van der Waals surface area contributed by atoms with E-state index in [1.807, 2.05) is 0 Å². The van der Waals surface area contributed by atoms with E-state index >= 15 is 0 Å². The van der Waals surface area contributed by atoms with Crippen LogP contribution in [0.25, 0.3) is 0 Å². The van der Waals surface area contributed by atoms with Crippen LogP contribution in [0.1, 0.15) is 43.2 Å². The second kappa shape index (κ2) is 4.47. The lowest BCUT2D eigenvalue weighted by Gasteiger charge is -2.04. The normalized spacial score (nSPS) is 33.0. The first-order chi connectivity index (χ1) is 9.36. The van der Waals surface area contributed by atoms with Crippen LogP contribution in [0, 0.1) is 11.8 Å². The molecule has 0 aliphatic heterocycles. The van der Waals surface area contributed by atoms with E-state index in [1.54, 1.807) is 31.2 Å². The molecule has 0 amide bonds. The summed E-state index contributed by atoms with van der Waals surface area (Å²) in [6.07, 6.45) is 1.55. The summed E-state index contributed by atoms with van der Waals surface area (Å²) in [6.45, 7) is 1.78. The molecule has 2 fully saturated rings. The summed E-state index contributed by atoms with van der Waals surface area (Å²) >= 11 is 0. The van der Waals surface area contributed by atoms with Crippen molar-refractivity contribution in [1.82, 2.24) is 0 Å². The maximum atomic E-state index is 13.5. The zero-order valence-electron chi connectivity index (χ0n) is 11.4. The van der Waals surface area contributed by atoms with Crippen molar-refractivity contribution in [2.75, 3.05) is 0 Å². The van der Waals surface area contributed by atoms with E-state index in [0.29, 0.717) is 24.8 Å². The van der Waals surface area contributed by atoms with E-state index in [1.165, 1.54) is 0 Å². The molecule has 3 rings (SSSR count). The predicted molar refractivity (Wildman–Crippen MR) is 69.3 cm³/mol. The third-order valence-electron chi connectivity index (χ3n) is 4.72. The summed E-state index contributed by atoms with van der Waals surface area (Å²) in [4.78, 5) is 0. The van der Waals surface area contributed by atoms with Crippen LogP contribution in [-0.4, -0.2) is 11.8 Å². The maximum absolute atomic E-state index is 13.5. The van der Waals surface area contributed by atoms with Gasteiger partial charge in [-0.15, -0.1) is 0 Å². The fourth-order valence-corrected chi connectivity index (χ4v) is 3.17. The molecule has 0 radical (unpaired) electrons. The molecular weight excluding hydrogens is 268 g/mol. The first-order valence-corrected chi connectivity index (χ1v) is 7.20. The van der Waals surface area contributed by atoms with Crippen LogP contribution >= 0.6 is 0 Å². The number of hydrogen-bond donors (Lipinski definition) is 0. The van der Waals surface area contributed by atoms with Crippen LogP contribution in [0.4, 0.5) is 17.6 Å². The second-order valence-electron chi connectivity index (χ2n) is 6.11. The van der Waals surface area contributed by atoms with Gasteiger partial charge in [0, 0.05) is 18.3 Å². The molecule has 0 saturated heterocycles. The van der Waals surface area contributed by atoms with Crippen LogP contribution < -0.4 is 0 Å². The van der Waals surface area contributed by atoms with Crippen LogP contribution in [0.5, 0.6) is 0 Å². The van der Waals surface area contributed by atoms with Gasteiger partial charge in [-0.3, -0.25) is 0 Å². The quantitative estimate of drug-likeness (QED) is 0.666. The van der Waals surface area contributed by atoms with Crippen molar-refractivity contribution in [3.05, 3.63) is 35.4 Å². The Kier molecular flexibility index (Phi) is 3.11. The molecule has 0 nitrogen and oxygen atoms in total. The molecule has 0 heterocycles. The van der Waals surface area contributed by atoms with Gasteiger partial charge in [0.2, 0.25) is 0 Å². The minimum absolute atomic E-state index is 0.00242. The van der Waals surface area contributed by atoms with Crippen molar-refractivity contribution < 1.29 is 17.6 Å². The SMILES string of the molecule is CC[C@@H]1[C@@H](c2ccc(CCC3CC3(F)F)cc2)C1(F)F. The minimum atomic E-state index is -2.58. The molecule has 0 bridgehead atoms. The molecule has 20 heavy (non-hydrogen) atoms. The highest BCUT2D eigenvalue weighted by molar-refractivity contribution is 5.34. The lowest BCUT2D eigenvalue weighted by atomic mass is 10.0. The van der Waals surface area contributed by atoms with Crippen molar-refractivity contribution in [2.24, 2.45) is 11.8 Å². The molecule has 4 heteroatoms. The smallest absolute Gasteiger partial charge is 0.207 e. The molecule has 0 spiro atoms. The van der Waals surface area contributed by atoms with Gasteiger partial charge >= 0.3 is 0 Å². The molecular formula is C16H18F4. The summed E-state index contributed by atoms with van der Waals surface area (Å²) in [5.74, 6) is -6.73. The second-order valence-corrected chi connectivity index (χ2v) is 6.11. The van der Waals surface area contributed by atoms with E-state index in [4.69, 9.17) is 0 Å². The standard InChI is InChI=1S/C16H18F4/c1-2-13-14(16(13,19)20)11-6-3-10(4-7-11)5-8-12-9-15(12,17)18/h3-4,6-7,12-14H,2,5,8-9H2,1H3/t12?,13-,14-/m1/s1. The van der Waals surface area contributed by atoms with Gasteiger partial charge in [0.25, 0.3) is 11.8 Å². The van der Waals surface area contributed by atoms with Gasteiger partial charge in [-0.1, -0.05) is 31.2 Å². The lowest BCUT2D eigenvalue weighted by molar-refractivity contribution is 0.0924. The molecule has 1 aromatic rings. The highest BCUT2D eigenvalue weighted by Crippen LogP contribution is 2.62. The number of alkyl halides is 4. The molecule has 2 aliphatic carbocycles. The van der Waals surface area contributed by atoms with Gasteiger partial charge in [-0.2, -0.15) is 0 Å². The van der Waals surface area contributed by atoms with Crippen molar-refractivity contribution in [3.63, 3.8) is 0 Å². The number of aryl methyl sites for hydroxylation is 1. The van der Waals surface area contributed by atoms with Crippen LogP contribution in [0.2, 0.25) is 0 Å². The Hall–Kier alpha value is -1.06. The molecule has 3 atom stereocenters. The lowest BCUT2D eigenvalue weighted by Crippen LogP contribution is -1.97. The van der Waals surface area contributed by atoms with E-state index in [9.17, 15) is 17.6 Å². The highest BCUT2D eigenvalue weighted by atomic mass is 19.3. The van der Waals surface area contributed by atoms with Crippen LogP contribution in [-0.2, 0) is 6.42 Å².